The molecule has 0 atom stereocenters. The van der Waals surface area contributed by atoms with E-state index in [1.165, 1.54) is 0 Å². The lowest BCUT2D eigenvalue weighted by atomic mass is 10.1. The average Bonchev–Trinajstić information content (AvgIpc) is 2.50. The molecule has 0 saturated heterocycles. The Morgan fingerprint density at radius 3 is 2.82 bits per heavy atom. The second-order valence-electron chi connectivity index (χ2n) is 4.50. The Morgan fingerprint density at radius 2 is 2.05 bits per heavy atom. The Labute approximate surface area is 139 Å². The maximum Gasteiger partial charge on any atom is 0.244 e. The number of halogens is 2. The summed E-state index contributed by atoms with van der Waals surface area (Å²) in [5, 5.41) is 15.3. The predicted molar refractivity (Wildman–Crippen MR) is 88.8 cm³/mol. The fourth-order valence-electron chi connectivity index (χ4n) is 1.78. The van der Waals surface area contributed by atoms with Gasteiger partial charge in [0.25, 0.3) is 0 Å². The molecule has 2 rings (SSSR count). The third-order valence-corrected chi connectivity index (χ3v) is 3.45. The maximum atomic E-state index is 6.14. The highest BCUT2D eigenvalue weighted by molar-refractivity contribution is 6.35. The Kier molecular flexibility index (Phi) is 6.64. The van der Waals surface area contributed by atoms with Gasteiger partial charge in [-0.2, -0.15) is 10.1 Å². The molecular weight excluding hydrogens is 325 g/mol. The van der Waals surface area contributed by atoms with E-state index in [1.807, 2.05) is 12.1 Å². The molecule has 0 fully saturated rings. The minimum absolute atomic E-state index is 0.464. The van der Waals surface area contributed by atoms with Crippen LogP contribution in [0.5, 0.6) is 0 Å². The minimum Gasteiger partial charge on any atom is -0.383 e. The summed E-state index contributed by atoms with van der Waals surface area (Å²) < 4.78 is 4.95. The smallest absolute Gasteiger partial charge is 0.244 e. The molecule has 2 N–H and O–H groups in total. The maximum absolute atomic E-state index is 6.14. The van der Waals surface area contributed by atoms with Gasteiger partial charge in [-0.3, -0.25) is 0 Å². The summed E-state index contributed by atoms with van der Waals surface area (Å²) in [6.45, 7) is 1.88. The van der Waals surface area contributed by atoms with Crippen molar-refractivity contribution in [2.75, 3.05) is 37.4 Å². The lowest BCUT2D eigenvalue weighted by Gasteiger charge is -2.08. The van der Waals surface area contributed by atoms with Crippen molar-refractivity contribution < 1.29 is 4.74 Å². The summed E-state index contributed by atoms with van der Waals surface area (Å²) in [6, 6.07) is 5.48. The van der Waals surface area contributed by atoms with Crippen LogP contribution >= 0.6 is 23.2 Å². The highest BCUT2D eigenvalue weighted by Gasteiger charge is 2.03. The molecule has 0 unspecified atom stereocenters. The Bertz CT molecular complexity index is 612. The first-order valence-electron chi connectivity index (χ1n) is 6.79. The number of aromatic nitrogens is 3. The van der Waals surface area contributed by atoms with Gasteiger partial charge in [0.1, 0.15) is 0 Å². The first kappa shape index (κ1) is 16.7. The molecule has 0 aliphatic heterocycles. The Hall–Kier alpha value is -1.63. The van der Waals surface area contributed by atoms with Gasteiger partial charge in [-0.15, -0.1) is 5.10 Å². The van der Waals surface area contributed by atoms with Crippen LogP contribution in [-0.2, 0) is 11.2 Å². The molecule has 22 heavy (non-hydrogen) atoms. The molecular formula is C14H17Cl2N5O. The Balaban J connectivity index is 1.84. The minimum atomic E-state index is 0.464. The molecule has 1 heterocycles. The van der Waals surface area contributed by atoms with E-state index in [1.54, 1.807) is 19.4 Å². The van der Waals surface area contributed by atoms with E-state index in [2.05, 4.69) is 25.8 Å². The number of methoxy groups -OCH3 is 1. The molecule has 8 heteroatoms. The van der Waals surface area contributed by atoms with E-state index in [4.69, 9.17) is 27.9 Å². The molecule has 118 valence electrons. The summed E-state index contributed by atoms with van der Waals surface area (Å²) in [5.41, 5.74) is 1.03. The van der Waals surface area contributed by atoms with Crippen LogP contribution in [0.15, 0.2) is 24.4 Å². The zero-order valence-corrected chi connectivity index (χ0v) is 13.7. The van der Waals surface area contributed by atoms with Crippen molar-refractivity contribution in [2.24, 2.45) is 0 Å². The molecule has 1 aromatic heterocycles. The molecule has 0 radical (unpaired) electrons. The molecule has 2 aromatic rings. The molecule has 0 spiro atoms. The number of nitrogens with zero attached hydrogens (tertiary/aromatic N) is 3. The molecule has 0 aliphatic carbocycles. The lowest BCUT2D eigenvalue weighted by Crippen LogP contribution is -2.13. The largest absolute Gasteiger partial charge is 0.383 e. The van der Waals surface area contributed by atoms with Crippen LogP contribution in [0.25, 0.3) is 0 Å². The van der Waals surface area contributed by atoms with Gasteiger partial charge in [-0.05, 0) is 24.1 Å². The molecule has 0 saturated carbocycles. The second kappa shape index (κ2) is 8.73. The number of hydrogen-bond donors (Lipinski definition) is 2. The third kappa shape index (κ3) is 5.29. The van der Waals surface area contributed by atoms with E-state index < -0.39 is 0 Å². The van der Waals surface area contributed by atoms with Gasteiger partial charge < -0.3 is 15.4 Å². The predicted octanol–water partition coefficient (Wildman–Crippen LogP) is 2.89. The number of nitrogens with one attached hydrogen (secondary N) is 2. The van der Waals surface area contributed by atoms with Crippen molar-refractivity contribution in [1.82, 2.24) is 15.2 Å². The summed E-state index contributed by atoms with van der Waals surface area (Å²) in [4.78, 5) is 4.31. The number of anilines is 2. The summed E-state index contributed by atoms with van der Waals surface area (Å²) in [7, 11) is 1.64. The van der Waals surface area contributed by atoms with Crippen LogP contribution < -0.4 is 10.6 Å². The van der Waals surface area contributed by atoms with Gasteiger partial charge in [0.2, 0.25) is 5.95 Å². The summed E-state index contributed by atoms with van der Waals surface area (Å²) >= 11 is 12.0. The standard InChI is InChI=1S/C14H17Cl2N5O/c1-22-7-6-18-14-20-13(9-19-21-14)17-5-4-10-2-3-11(15)8-12(10)16/h2-3,8-9H,4-7H2,1H3,(H2,17,18,20,21). The van der Waals surface area contributed by atoms with Gasteiger partial charge in [0.05, 0.1) is 12.8 Å². The highest BCUT2D eigenvalue weighted by Crippen LogP contribution is 2.21. The quantitative estimate of drug-likeness (QED) is 0.719. The van der Waals surface area contributed by atoms with E-state index in [9.17, 15) is 0 Å². The lowest BCUT2D eigenvalue weighted by molar-refractivity contribution is 0.210. The van der Waals surface area contributed by atoms with Crippen LogP contribution in [0.4, 0.5) is 11.8 Å². The van der Waals surface area contributed by atoms with Gasteiger partial charge in [0, 0.05) is 30.2 Å². The highest BCUT2D eigenvalue weighted by atomic mass is 35.5. The molecule has 0 bridgehead atoms. The van der Waals surface area contributed by atoms with E-state index >= 15 is 0 Å². The van der Waals surface area contributed by atoms with Crippen LogP contribution in [0.1, 0.15) is 5.56 Å². The van der Waals surface area contributed by atoms with Crippen molar-refractivity contribution in [3.8, 4) is 0 Å². The van der Waals surface area contributed by atoms with Crippen LogP contribution in [0.2, 0.25) is 10.0 Å². The zero-order valence-electron chi connectivity index (χ0n) is 12.1. The first-order valence-corrected chi connectivity index (χ1v) is 7.55. The van der Waals surface area contributed by atoms with Crippen molar-refractivity contribution >= 4 is 35.0 Å². The second-order valence-corrected chi connectivity index (χ2v) is 5.34. The third-order valence-electron chi connectivity index (χ3n) is 2.86. The fourth-order valence-corrected chi connectivity index (χ4v) is 2.28. The van der Waals surface area contributed by atoms with Gasteiger partial charge >= 0.3 is 0 Å². The van der Waals surface area contributed by atoms with E-state index in [0.717, 1.165) is 12.0 Å². The summed E-state index contributed by atoms with van der Waals surface area (Å²) in [6.07, 6.45) is 2.33. The number of benzene rings is 1. The van der Waals surface area contributed by atoms with Crippen molar-refractivity contribution in [2.45, 2.75) is 6.42 Å². The Morgan fingerprint density at radius 1 is 1.18 bits per heavy atom. The van der Waals surface area contributed by atoms with Gasteiger partial charge in [-0.25, -0.2) is 0 Å². The SMILES string of the molecule is COCCNc1nncc(NCCc2ccc(Cl)cc2Cl)n1. The van der Waals surface area contributed by atoms with Gasteiger partial charge in [-0.1, -0.05) is 29.3 Å². The summed E-state index contributed by atoms with van der Waals surface area (Å²) in [5.74, 6) is 1.12. The van der Waals surface area contributed by atoms with Crippen molar-refractivity contribution in [1.29, 1.82) is 0 Å². The molecule has 1 aromatic carbocycles. The van der Waals surface area contributed by atoms with Crippen molar-refractivity contribution in [3.05, 3.63) is 40.0 Å². The molecule has 0 aliphatic rings. The van der Waals surface area contributed by atoms with E-state index in [0.29, 0.717) is 41.5 Å². The normalized spacial score (nSPS) is 10.5. The van der Waals surface area contributed by atoms with Crippen molar-refractivity contribution in [3.63, 3.8) is 0 Å². The van der Waals surface area contributed by atoms with Crippen LogP contribution in [0.3, 0.4) is 0 Å². The number of ether oxygens (including phenoxy) is 1. The van der Waals surface area contributed by atoms with E-state index in [-0.39, 0.29) is 0 Å². The average molecular weight is 342 g/mol. The zero-order chi connectivity index (χ0) is 15.8. The van der Waals surface area contributed by atoms with Crippen LogP contribution in [-0.4, -0.2) is 42.0 Å². The van der Waals surface area contributed by atoms with Gasteiger partial charge in [0.15, 0.2) is 5.82 Å². The first-order chi connectivity index (χ1) is 10.7. The molecule has 0 amide bonds. The monoisotopic (exact) mass is 341 g/mol. The fraction of sp³-hybridized carbons (Fsp3) is 0.357. The topological polar surface area (TPSA) is 72.0 Å². The van der Waals surface area contributed by atoms with Crippen LogP contribution in [0, 0.1) is 0 Å². The number of hydrogen-bond acceptors (Lipinski definition) is 6. The number of rotatable bonds is 8. The molecule has 6 nitrogen and oxygen atoms in total.